The van der Waals surface area contributed by atoms with Gasteiger partial charge >= 0.3 is 6.18 Å². The molecule has 26 heavy (non-hydrogen) atoms. The van der Waals surface area contributed by atoms with E-state index < -0.39 is 17.6 Å². The lowest BCUT2D eigenvalue weighted by Crippen LogP contribution is -2.32. The molecule has 2 aliphatic rings. The van der Waals surface area contributed by atoms with Crippen molar-refractivity contribution in [3.8, 4) is 5.88 Å². The van der Waals surface area contributed by atoms with E-state index in [2.05, 4.69) is 27.4 Å². The lowest BCUT2D eigenvalue weighted by Gasteiger charge is -2.21. The van der Waals surface area contributed by atoms with Gasteiger partial charge in [-0.3, -0.25) is 10.2 Å². The first-order valence-electron chi connectivity index (χ1n) is 8.52. The number of pyridine rings is 1. The SMILES string of the molecule is CNC1NC(c2cnc(OC)c(C(F)(F)F)c2)=C(CN2CCCC2C)S1. The summed E-state index contributed by atoms with van der Waals surface area (Å²) in [4.78, 5) is 7.27. The van der Waals surface area contributed by atoms with Crippen LogP contribution in [0.5, 0.6) is 5.88 Å². The summed E-state index contributed by atoms with van der Waals surface area (Å²) in [6.07, 6.45) is -0.784. The van der Waals surface area contributed by atoms with Crippen molar-refractivity contribution in [3.05, 3.63) is 28.3 Å². The van der Waals surface area contributed by atoms with Gasteiger partial charge in [-0.1, -0.05) is 11.8 Å². The van der Waals surface area contributed by atoms with E-state index in [0.717, 1.165) is 36.9 Å². The molecule has 1 aromatic heterocycles. The Morgan fingerprint density at radius 3 is 2.81 bits per heavy atom. The van der Waals surface area contributed by atoms with Gasteiger partial charge in [0, 0.05) is 29.3 Å². The van der Waals surface area contributed by atoms with E-state index in [1.54, 1.807) is 11.8 Å². The van der Waals surface area contributed by atoms with E-state index in [1.807, 2.05) is 7.05 Å². The molecule has 2 unspecified atom stereocenters. The van der Waals surface area contributed by atoms with Gasteiger partial charge < -0.3 is 10.1 Å². The molecule has 0 aromatic carbocycles. The van der Waals surface area contributed by atoms with Crippen molar-refractivity contribution >= 4 is 17.5 Å². The molecule has 5 nitrogen and oxygen atoms in total. The van der Waals surface area contributed by atoms with Crippen LogP contribution < -0.4 is 15.4 Å². The molecule has 2 aliphatic heterocycles. The number of methoxy groups -OCH3 is 1. The molecule has 9 heteroatoms. The Labute approximate surface area is 155 Å². The van der Waals surface area contributed by atoms with Gasteiger partial charge in [0.15, 0.2) is 0 Å². The van der Waals surface area contributed by atoms with Crippen LogP contribution in [-0.4, -0.2) is 48.7 Å². The molecule has 0 saturated carbocycles. The predicted molar refractivity (Wildman–Crippen MR) is 96.6 cm³/mol. The van der Waals surface area contributed by atoms with Crippen molar-refractivity contribution in [1.82, 2.24) is 20.5 Å². The molecular formula is C17H23F3N4OS. The minimum atomic E-state index is -4.52. The van der Waals surface area contributed by atoms with Crippen molar-refractivity contribution in [2.75, 3.05) is 27.2 Å². The molecule has 1 aromatic rings. The molecule has 1 saturated heterocycles. The van der Waals surface area contributed by atoms with Gasteiger partial charge in [0.25, 0.3) is 0 Å². The maximum Gasteiger partial charge on any atom is 0.421 e. The Morgan fingerprint density at radius 2 is 2.23 bits per heavy atom. The quantitative estimate of drug-likeness (QED) is 0.809. The van der Waals surface area contributed by atoms with Crippen LogP contribution in [0.2, 0.25) is 0 Å². The standard InChI is InChI=1S/C17H23F3N4OS/c1-10-5-4-6-24(10)9-13-14(23-16(21-2)26-13)11-7-12(17(18,19)20)15(25-3)22-8-11/h7-8,10,16,21,23H,4-6,9H2,1-3H3. The summed E-state index contributed by atoms with van der Waals surface area (Å²) < 4.78 is 44.8. The summed E-state index contributed by atoms with van der Waals surface area (Å²) in [7, 11) is 3.01. The Kier molecular flexibility index (Phi) is 5.69. The molecule has 0 spiro atoms. The molecule has 3 heterocycles. The summed E-state index contributed by atoms with van der Waals surface area (Å²) >= 11 is 1.60. The molecule has 2 atom stereocenters. The van der Waals surface area contributed by atoms with E-state index in [4.69, 9.17) is 4.74 Å². The number of likely N-dealkylation sites (tertiary alicyclic amines) is 1. The number of nitrogens with zero attached hydrogens (tertiary/aromatic N) is 2. The first-order chi connectivity index (χ1) is 12.3. The minimum absolute atomic E-state index is 0.0747. The summed E-state index contributed by atoms with van der Waals surface area (Å²) in [6.45, 7) is 3.92. The van der Waals surface area contributed by atoms with Crippen LogP contribution in [0.15, 0.2) is 17.2 Å². The monoisotopic (exact) mass is 388 g/mol. The Bertz CT molecular complexity index is 695. The largest absolute Gasteiger partial charge is 0.481 e. The van der Waals surface area contributed by atoms with Crippen molar-refractivity contribution < 1.29 is 17.9 Å². The number of ether oxygens (including phenoxy) is 1. The summed E-state index contributed by atoms with van der Waals surface area (Å²) in [5, 5.41) is 6.39. The van der Waals surface area contributed by atoms with Crippen LogP contribution >= 0.6 is 11.8 Å². The van der Waals surface area contributed by atoms with Gasteiger partial charge in [0.05, 0.1) is 12.8 Å². The third kappa shape index (κ3) is 3.94. The average Bonchev–Trinajstić information content (AvgIpc) is 3.20. The molecule has 0 bridgehead atoms. The molecule has 0 aliphatic carbocycles. The van der Waals surface area contributed by atoms with Gasteiger partial charge in [-0.2, -0.15) is 13.2 Å². The maximum absolute atomic E-state index is 13.3. The fourth-order valence-corrected chi connectivity index (χ4v) is 4.41. The van der Waals surface area contributed by atoms with Crippen molar-refractivity contribution in [1.29, 1.82) is 0 Å². The first-order valence-corrected chi connectivity index (χ1v) is 9.40. The third-order valence-electron chi connectivity index (χ3n) is 4.75. The minimum Gasteiger partial charge on any atom is -0.481 e. The second-order valence-corrected chi connectivity index (χ2v) is 7.67. The van der Waals surface area contributed by atoms with Gasteiger partial charge in [0.2, 0.25) is 5.88 Å². The van der Waals surface area contributed by atoms with E-state index in [0.29, 0.717) is 17.3 Å². The van der Waals surface area contributed by atoms with E-state index in [1.165, 1.54) is 13.3 Å². The Hall–Kier alpha value is -1.45. The topological polar surface area (TPSA) is 49.4 Å². The number of alkyl halides is 3. The fourth-order valence-electron chi connectivity index (χ4n) is 3.30. The summed E-state index contributed by atoms with van der Waals surface area (Å²) in [6, 6.07) is 1.60. The zero-order valence-electron chi connectivity index (χ0n) is 15.0. The van der Waals surface area contributed by atoms with Gasteiger partial charge in [-0.25, -0.2) is 4.98 Å². The zero-order valence-corrected chi connectivity index (χ0v) is 15.8. The average molecular weight is 388 g/mol. The van der Waals surface area contributed by atoms with Crippen molar-refractivity contribution in [3.63, 3.8) is 0 Å². The second kappa shape index (κ2) is 7.66. The van der Waals surface area contributed by atoms with Crippen LogP contribution in [0, 0.1) is 0 Å². The van der Waals surface area contributed by atoms with Crippen LogP contribution in [0.3, 0.4) is 0 Å². The normalized spacial score (nSPS) is 24.2. The molecule has 1 fully saturated rings. The van der Waals surface area contributed by atoms with Crippen molar-refractivity contribution in [2.24, 2.45) is 0 Å². The highest BCUT2D eigenvalue weighted by atomic mass is 32.2. The second-order valence-electron chi connectivity index (χ2n) is 6.47. The van der Waals surface area contributed by atoms with Crippen LogP contribution in [0.1, 0.15) is 30.9 Å². The molecule has 144 valence electrons. The summed E-state index contributed by atoms with van der Waals surface area (Å²) in [5.74, 6) is -0.410. The Balaban J connectivity index is 1.96. The summed E-state index contributed by atoms with van der Waals surface area (Å²) in [5.41, 5.74) is 0.187. The smallest absolute Gasteiger partial charge is 0.421 e. The third-order valence-corrected chi connectivity index (χ3v) is 5.96. The number of nitrogens with one attached hydrogen (secondary N) is 2. The number of hydrogen-bond acceptors (Lipinski definition) is 6. The van der Waals surface area contributed by atoms with E-state index in [-0.39, 0.29) is 5.50 Å². The number of rotatable bonds is 5. The molecule has 2 N–H and O–H groups in total. The fraction of sp³-hybridized carbons (Fsp3) is 0.588. The zero-order chi connectivity index (χ0) is 18.9. The number of thioether (sulfide) groups is 1. The lowest BCUT2D eigenvalue weighted by atomic mass is 10.1. The van der Waals surface area contributed by atoms with Gasteiger partial charge in [-0.05, 0) is 39.4 Å². The van der Waals surface area contributed by atoms with Crippen LogP contribution in [-0.2, 0) is 6.18 Å². The van der Waals surface area contributed by atoms with Gasteiger partial charge in [0.1, 0.15) is 11.1 Å². The highest BCUT2D eigenvalue weighted by Gasteiger charge is 2.37. The highest BCUT2D eigenvalue weighted by molar-refractivity contribution is 8.04. The number of hydrogen-bond donors (Lipinski definition) is 2. The Morgan fingerprint density at radius 1 is 1.46 bits per heavy atom. The molecule has 0 amide bonds. The molecular weight excluding hydrogens is 365 g/mol. The first kappa shape index (κ1) is 19.3. The molecule has 0 radical (unpaired) electrons. The van der Waals surface area contributed by atoms with E-state index in [9.17, 15) is 13.2 Å². The predicted octanol–water partition coefficient (Wildman–Crippen LogP) is 3.10. The lowest BCUT2D eigenvalue weighted by molar-refractivity contribution is -0.139. The molecule has 3 rings (SSSR count). The maximum atomic E-state index is 13.3. The van der Waals surface area contributed by atoms with Gasteiger partial charge in [-0.15, -0.1) is 0 Å². The highest BCUT2D eigenvalue weighted by Crippen LogP contribution is 2.40. The van der Waals surface area contributed by atoms with E-state index >= 15 is 0 Å². The number of aromatic nitrogens is 1. The number of halogens is 3. The van der Waals surface area contributed by atoms with Crippen LogP contribution in [0.25, 0.3) is 5.70 Å². The van der Waals surface area contributed by atoms with Crippen molar-refractivity contribution in [2.45, 2.75) is 37.5 Å². The van der Waals surface area contributed by atoms with Crippen LogP contribution in [0.4, 0.5) is 13.2 Å².